The molecule has 0 radical (unpaired) electrons. The summed E-state index contributed by atoms with van der Waals surface area (Å²) in [5.41, 5.74) is 1.90. The Morgan fingerprint density at radius 3 is 1.69 bits per heavy atom. The lowest BCUT2D eigenvalue weighted by Crippen LogP contribution is -3.00. The van der Waals surface area contributed by atoms with Gasteiger partial charge in [-0.05, 0) is 13.8 Å². The van der Waals surface area contributed by atoms with E-state index >= 15 is 0 Å². The number of hydroxylamine groups is 1. The normalized spacial score (nSPS) is 9.31. The van der Waals surface area contributed by atoms with Crippen LogP contribution in [0.3, 0.4) is 0 Å². The van der Waals surface area contributed by atoms with E-state index in [0.717, 1.165) is 4.48 Å². The smallest absolute Gasteiger partial charge is 0.0753 e. The molecule has 3 nitrogen and oxygen atoms in total. The Kier molecular flexibility index (Phi) is 17.1. The number of halogens is 1. The molecule has 2 N–H and O–H groups in total. The molecular weight excluding hydrogens is 188 g/mol. The maximum atomic E-state index is 7.74. The third kappa shape index (κ3) is 18.7. The van der Waals surface area contributed by atoms with Crippen molar-refractivity contribution in [3.8, 4) is 0 Å². The molecule has 0 aliphatic rings. The van der Waals surface area contributed by atoms with Crippen LogP contribution in [-0.2, 0) is 0 Å². The lowest BCUT2D eigenvalue weighted by molar-refractivity contribution is -0.886. The minimum atomic E-state index is 0. The van der Waals surface area contributed by atoms with E-state index in [9.17, 15) is 0 Å². The van der Waals surface area contributed by atoms with E-state index in [1.165, 1.54) is 13.1 Å². The molecule has 13 heavy (non-hydrogen) atoms. The fraction of sp³-hybridized carbons (Fsp3) is 0.778. The minimum Gasteiger partial charge on any atom is -1.00 e. The molecule has 0 spiro atoms. The van der Waals surface area contributed by atoms with E-state index in [1.807, 2.05) is 5.48 Å². The van der Waals surface area contributed by atoms with E-state index in [-0.39, 0.29) is 12.4 Å². The fourth-order valence-corrected chi connectivity index (χ4v) is 0.288. The van der Waals surface area contributed by atoms with Crippen molar-refractivity contribution in [1.82, 2.24) is 5.48 Å². The molecule has 4 heteroatoms. The first kappa shape index (κ1) is 18.6. The van der Waals surface area contributed by atoms with Crippen molar-refractivity contribution < 1.29 is 22.1 Å². The number of nitrogens with zero attached hydrogens (tertiary/aromatic N) is 1. The molecule has 0 fully saturated rings. The summed E-state index contributed by atoms with van der Waals surface area (Å²) in [5, 5.41) is 7.74. The summed E-state index contributed by atoms with van der Waals surface area (Å²) in [4.78, 5) is 0. The van der Waals surface area contributed by atoms with Crippen molar-refractivity contribution in [2.24, 2.45) is 0 Å². The monoisotopic (exact) mass is 210 g/mol. The predicted molar refractivity (Wildman–Crippen MR) is 53.2 cm³/mol. The van der Waals surface area contributed by atoms with Crippen molar-refractivity contribution in [3.63, 3.8) is 0 Å². The third-order valence-corrected chi connectivity index (χ3v) is 1.95. The third-order valence-electron chi connectivity index (χ3n) is 1.95. The molecule has 0 aliphatic carbocycles. The summed E-state index contributed by atoms with van der Waals surface area (Å²) in [7, 11) is 4.47. The highest BCUT2D eigenvalue weighted by Crippen LogP contribution is 1.91. The van der Waals surface area contributed by atoms with Gasteiger partial charge in [0.1, 0.15) is 0 Å². The van der Waals surface area contributed by atoms with Gasteiger partial charge in [-0.25, -0.2) is 5.48 Å². The highest BCUT2D eigenvalue weighted by Gasteiger charge is 2.04. The Labute approximate surface area is 88.4 Å². The highest BCUT2D eigenvalue weighted by molar-refractivity contribution is 4.65. The average Bonchev–Trinajstić information content (AvgIpc) is 2.07. The van der Waals surface area contributed by atoms with Gasteiger partial charge in [-0.15, -0.1) is 6.58 Å². The summed E-state index contributed by atoms with van der Waals surface area (Å²) < 4.78 is 1.14. The molecule has 82 valence electrons. The van der Waals surface area contributed by atoms with E-state index in [2.05, 4.69) is 34.5 Å². The van der Waals surface area contributed by atoms with Gasteiger partial charge < -0.3 is 22.1 Å². The van der Waals surface area contributed by atoms with E-state index in [0.29, 0.717) is 6.54 Å². The predicted octanol–water partition coefficient (Wildman–Crippen LogP) is -1.74. The summed E-state index contributed by atoms with van der Waals surface area (Å²) in [5.74, 6) is 0. The van der Waals surface area contributed by atoms with Crippen LogP contribution in [0.1, 0.15) is 13.8 Å². The maximum absolute atomic E-state index is 7.74. The zero-order valence-corrected chi connectivity index (χ0v) is 9.93. The maximum Gasteiger partial charge on any atom is 0.0753 e. The molecule has 0 aromatic carbocycles. The fourth-order valence-electron chi connectivity index (χ4n) is 0.288. The van der Waals surface area contributed by atoms with Gasteiger partial charge in [0.15, 0.2) is 0 Å². The molecule has 0 aromatic heterocycles. The van der Waals surface area contributed by atoms with Crippen molar-refractivity contribution >= 4 is 0 Å². The second-order valence-electron chi connectivity index (χ2n) is 3.22. The number of hydrogen-bond acceptors (Lipinski definition) is 2. The number of nitrogens with one attached hydrogen (secondary N) is 1. The van der Waals surface area contributed by atoms with Gasteiger partial charge in [-0.3, -0.25) is 0 Å². The summed E-state index contributed by atoms with van der Waals surface area (Å²) >= 11 is 0. The molecule has 0 saturated carbocycles. The lowest BCUT2D eigenvalue weighted by atomic mass is 10.5. The van der Waals surface area contributed by atoms with Crippen LogP contribution >= 0.6 is 0 Å². The van der Waals surface area contributed by atoms with Crippen LogP contribution in [0, 0.1) is 0 Å². The first-order valence-corrected chi connectivity index (χ1v) is 4.33. The van der Waals surface area contributed by atoms with Gasteiger partial charge in [0, 0.05) is 6.54 Å². The molecule has 0 heterocycles. The number of hydrogen-bond donors (Lipinski definition) is 2. The summed E-state index contributed by atoms with van der Waals surface area (Å²) in [6.07, 6.45) is 1.57. The van der Waals surface area contributed by atoms with Crippen LogP contribution in [0.25, 0.3) is 0 Å². The SMILES string of the molecule is C=CCNO.CC[N+](C)(C)CC.[Cl-]. The second-order valence-corrected chi connectivity index (χ2v) is 3.22. The van der Waals surface area contributed by atoms with Crippen molar-refractivity contribution in [2.45, 2.75) is 13.8 Å². The Hall–Kier alpha value is -0.0900. The van der Waals surface area contributed by atoms with Gasteiger partial charge in [-0.2, -0.15) is 0 Å². The van der Waals surface area contributed by atoms with Gasteiger partial charge in [-0.1, -0.05) is 6.08 Å². The van der Waals surface area contributed by atoms with E-state index in [1.54, 1.807) is 6.08 Å². The minimum absolute atomic E-state index is 0. The van der Waals surface area contributed by atoms with Gasteiger partial charge in [0.25, 0.3) is 0 Å². The molecule has 0 atom stereocenters. The number of quaternary nitrogens is 1. The molecule has 0 bridgehead atoms. The van der Waals surface area contributed by atoms with Crippen LogP contribution in [0.5, 0.6) is 0 Å². The second kappa shape index (κ2) is 11.9. The van der Waals surface area contributed by atoms with Crippen molar-refractivity contribution in [3.05, 3.63) is 12.7 Å². The van der Waals surface area contributed by atoms with Gasteiger partial charge in [0.05, 0.1) is 27.2 Å². The van der Waals surface area contributed by atoms with Gasteiger partial charge >= 0.3 is 0 Å². The van der Waals surface area contributed by atoms with E-state index in [4.69, 9.17) is 5.21 Å². The van der Waals surface area contributed by atoms with Crippen LogP contribution in [0.15, 0.2) is 12.7 Å². The van der Waals surface area contributed by atoms with Crippen molar-refractivity contribution in [1.29, 1.82) is 0 Å². The molecule has 0 rings (SSSR count). The first-order chi connectivity index (χ1) is 5.54. The van der Waals surface area contributed by atoms with Gasteiger partial charge in [0.2, 0.25) is 0 Å². The Morgan fingerprint density at radius 1 is 1.31 bits per heavy atom. The van der Waals surface area contributed by atoms with Crippen molar-refractivity contribution in [2.75, 3.05) is 33.7 Å². The summed E-state index contributed by atoms with van der Waals surface area (Å²) in [6.45, 7) is 10.7. The number of rotatable bonds is 4. The van der Waals surface area contributed by atoms with Crippen LogP contribution in [-0.4, -0.2) is 43.4 Å². The lowest BCUT2D eigenvalue weighted by Gasteiger charge is -2.25. The quantitative estimate of drug-likeness (QED) is 0.328. The largest absolute Gasteiger partial charge is 1.00 e. The average molecular weight is 211 g/mol. The zero-order valence-electron chi connectivity index (χ0n) is 9.18. The van der Waals surface area contributed by atoms with Crippen LogP contribution in [0.2, 0.25) is 0 Å². The molecular formula is C9H23ClN2O. The standard InChI is InChI=1S/C6H16N.C3H7NO.ClH/c1-5-7(3,4)6-2;1-2-3-4-5;/h5-6H2,1-4H3;2,4-5H,1,3H2;1H/q+1;;/p-1. The zero-order chi connectivity index (χ0) is 10.0. The molecule has 0 aliphatic heterocycles. The van der Waals surface area contributed by atoms with Crippen LogP contribution < -0.4 is 17.9 Å². The molecule has 0 saturated heterocycles. The Bertz CT molecular complexity index is 102. The Morgan fingerprint density at radius 2 is 1.69 bits per heavy atom. The Balaban J connectivity index is -0.000000150. The summed E-state index contributed by atoms with van der Waals surface area (Å²) in [6, 6.07) is 0. The van der Waals surface area contributed by atoms with Crippen LogP contribution in [0.4, 0.5) is 0 Å². The van der Waals surface area contributed by atoms with E-state index < -0.39 is 0 Å². The molecule has 0 amide bonds. The molecule has 0 aromatic rings. The topological polar surface area (TPSA) is 32.3 Å². The first-order valence-electron chi connectivity index (χ1n) is 4.33. The highest BCUT2D eigenvalue weighted by atomic mass is 35.5. The molecule has 0 unspecified atom stereocenters.